The lowest BCUT2D eigenvalue weighted by molar-refractivity contribution is 0.0714. The van der Waals surface area contributed by atoms with Crippen LogP contribution in [0.3, 0.4) is 0 Å². The van der Waals surface area contributed by atoms with Gasteiger partial charge in [0.2, 0.25) is 0 Å². The van der Waals surface area contributed by atoms with E-state index in [9.17, 15) is 4.79 Å². The molecule has 1 atom stereocenters. The predicted molar refractivity (Wildman–Crippen MR) is 79.7 cm³/mol. The second kappa shape index (κ2) is 5.54. The summed E-state index contributed by atoms with van der Waals surface area (Å²) < 4.78 is 6.87. The van der Waals surface area contributed by atoms with E-state index in [1.165, 1.54) is 4.68 Å². The minimum Gasteiger partial charge on any atom is -0.481 e. The normalized spacial score (nSPS) is 12.3. The standard InChI is InChI=1S/C15H12ClN3O2/c1-10(21-12-8-6-11(16)7-9-12)15(20)19-14-5-3-2-4-13(14)17-18-19/h2-10H,1H3. The van der Waals surface area contributed by atoms with E-state index in [0.29, 0.717) is 21.8 Å². The van der Waals surface area contributed by atoms with Crippen molar-refractivity contribution in [3.63, 3.8) is 0 Å². The fourth-order valence-electron chi connectivity index (χ4n) is 1.97. The highest BCUT2D eigenvalue weighted by atomic mass is 35.5. The zero-order valence-electron chi connectivity index (χ0n) is 11.2. The summed E-state index contributed by atoms with van der Waals surface area (Å²) in [6, 6.07) is 14.1. The van der Waals surface area contributed by atoms with E-state index in [0.717, 1.165) is 0 Å². The molecule has 0 bridgehead atoms. The third kappa shape index (κ3) is 2.73. The molecule has 1 heterocycles. The van der Waals surface area contributed by atoms with Gasteiger partial charge in [0.25, 0.3) is 5.91 Å². The maximum atomic E-state index is 12.4. The minimum absolute atomic E-state index is 0.279. The van der Waals surface area contributed by atoms with Crippen molar-refractivity contribution < 1.29 is 9.53 Å². The highest BCUT2D eigenvalue weighted by Gasteiger charge is 2.20. The molecule has 0 spiro atoms. The Kier molecular flexibility index (Phi) is 3.58. The SMILES string of the molecule is CC(Oc1ccc(Cl)cc1)C(=O)n1nnc2ccccc21. The molecule has 0 amide bonds. The van der Waals surface area contributed by atoms with Gasteiger partial charge >= 0.3 is 0 Å². The van der Waals surface area contributed by atoms with Crippen molar-refractivity contribution in [1.29, 1.82) is 0 Å². The van der Waals surface area contributed by atoms with Gasteiger partial charge in [0.15, 0.2) is 6.10 Å². The van der Waals surface area contributed by atoms with Crippen LogP contribution in [0.5, 0.6) is 5.75 Å². The molecular weight excluding hydrogens is 290 g/mol. The Bertz CT molecular complexity index is 783. The molecular formula is C15H12ClN3O2. The molecule has 0 aliphatic rings. The summed E-state index contributed by atoms with van der Waals surface area (Å²) in [5.41, 5.74) is 1.33. The molecule has 0 aliphatic heterocycles. The van der Waals surface area contributed by atoms with E-state index in [1.54, 1.807) is 43.3 Å². The quantitative estimate of drug-likeness (QED) is 0.745. The van der Waals surface area contributed by atoms with Gasteiger partial charge in [-0.3, -0.25) is 4.79 Å². The van der Waals surface area contributed by atoms with Crippen LogP contribution in [0.4, 0.5) is 0 Å². The highest BCUT2D eigenvalue weighted by Crippen LogP contribution is 2.18. The van der Waals surface area contributed by atoms with Crippen molar-refractivity contribution in [2.24, 2.45) is 0 Å². The van der Waals surface area contributed by atoms with Crippen molar-refractivity contribution in [2.75, 3.05) is 0 Å². The maximum absolute atomic E-state index is 12.4. The van der Waals surface area contributed by atoms with Crippen LogP contribution in [-0.4, -0.2) is 27.0 Å². The molecule has 0 N–H and O–H groups in total. The molecule has 0 saturated heterocycles. The van der Waals surface area contributed by atoms with Gasteiger partial charge < -0.3 is 4.74 Å². The van der Waals surface area contributed by atoms with Crippen LogP contribution in [0.2, 0.25) is 5.02 Å². The van der Waals surface area contributed by atoms with Crippen molar-refractivity contribution in [3.8, 4) is 5.75 Å². The number of rotatable bonds is 3. The Morgan fingerprint density at radius 1 is 1.19 bits per heavy atom. The molecule has 5 nitrogen and oxygen atoms in total. The van der Waals surface area contributed by atoms with Gasteiger partial charge in [0, 0.05) is 5.02 Å². The van der Waals surface area contributed by atoms with E-state index < -0.39 is 6.10 Å². The van der Waals surface area contributed by atoms with Crippen LogP contribution in [0, 0.1) is 0 Å². The molecule has 21 heavy (non-hydrogen) atoms. The Morgan fingerprint density at radius 2 is 1.90 bits per heavy atom. The van der Waals surface area contributed by atoms with Crippen LogP contribution >= 0.6 is 11.6 Å². The number of ether oxygens (including phenoxy) is 1. The van der Waals surface area contributed by atoms with Gasteiger partial charge in [-0.15, -0.1) is 5.10 Å². The van der Waals surface area contributed by atoms with Crippen LogP contribution in [0.15, 0.2) is 48.5 Å². The van der Waals surface area contributed by atoms with E-state index in [-0.39, 0.29) is 5.91 Å². The maximum Gasteiger partial charge on any atom is 0.289 e. The van der Waals surface area contributed by atoms with Crippen molar-refractivity contribution in [1.82, 2.24) is 15.0 Å². The van der Waals surface area contributed by atoms with Gasteiger partial charge in [-0.25, -0.2) is 0 Å². The smallest absolute Gasteiger partial charge is 0.289 e. The number of para-hydroxylation sites is 1. The third-order valence-corrected chi connectivity index (χ3v) is 3.29. The fraction of sp³-hybridized carbons (Fsp3) is 0.133. The van der Waals surface area contributed by atoms with Crippen molar-refractivity contribution in [3.05, 3.63) is 53.6 Å². The van der Waals surface area contributed by atoms with Gasteiger partial charge in [0.1, 0.15) is 11.3 Å². The summed E-state index contributed by atoms with van der Waals surface area (Å²) in [7, 11) is 0. The lowest BCUT2D eigenvalue weighted by atomic mass is 10.3. The summed E-state index contributed by atoms with van der Waals surface area (Å²) in [5.74, 6) is 0.295. The average Bonchev–Trinajstić information content (AvgIpc) is 2.92. The largest absolute Gasteiger partial charge is 0.481 e. The number of carbonyl (C=O) groups is 1. The summed E-state index contributed by atoms with van der Waals surface area (Å²) in [6.07, 6.45) is -0.684. The van der Waals surface area contributed by atoms with Gasteiger partial charge in [-0.2, -0.15) is 4.68 Å². The molecule has 0 radical (unpaired) electrons. The average molecular weight is 302 g/mol. The first kappa shape index (κ1) is 13.6. The number of nitrogens with zero attached hydrogens (tertiary/aromatic N) is 3. The molecule has 2 aromatic carbocycles. The third-order valence-electron chi connectivity index (χ3n) is 3.03. The molecule has 0 aliphatic carbocycles. The molecule has 106 valence electrons. The number of carbonyl (C=O) groups excluding carboxylic acids is 1. The first-order valence-electron chi connectivity index (χ1n) is 6.42. The number of benzene rings is 2. The Hall–Kier alpha value is -2.40. The zero-order valence-corrected chi connectivity index (χ0v) is 12.0. The first-order chi connectivity index (χ1) is 10.1. The van der Waals surface area contributed by atoms with E-state index >= 15 is 0 Å². The topological polar surface area (TPSA) is 57.0 Å². The van der Waals surface area contributed by atoms with Crippen LogP contribution < -0.4 is 4.74 Å². The minimum atomic E-state index is -0.684. The number of fused-ring (bicyclic) bond motifs is 1. The van der Waals surface area contributed by atoms with Crippen LogP contribution in [0.1, 0.15) is 11.7 Å². The highest BCUT2D eigenvalue weighted by molar-refractivity contribution is 6.30. The van der Waals surface area contributed by atoms with Crippen molar-refractivity contribution in [2.45, 2.75) is 13.0 Å². The Labute approximate surface area is 126 Å². The molecule has 3 rings (SSSR count). The lowest BCUT2D eigenvalue weighted by Gasteiger charge is -2.13. The van der Waals surface area contributed by atoms with E-state index in [2.05, 4.69) is 10.3 Å². The molecule has 0 fully saturated rings. The number of halogens is 1. The second-order valence-electron chi connectivity index (χ2n) is 4.54. The van der Waals surface area contributed by atoms with Gasteiger partial charge in [0.05, 0.1) is 5.52 Å². The second-order valence-corrected chi connectivity index (χ2v) is 4.98. The summed E-state index contributed by atoms with van der Waals surface area (Å²) >= 11 is 5.81. The van der Waals surface area contributed by atoms with E-state index in [1.807, 2.05) is 12.1 Å². The molecule has 0 saturated carbocycles. The van der Waals surface area contributed by atoms with Crippen LogP contribution in [0.25, 0.3) is 11.0 Å². The molecule has 1 unspecified atom stereocenters. The zero-order chi connectivity index (χ0) is 14.8. The van der Waals surface area contributed by atoms with Crippen molar-refractivity contribution >= 4 is 28.5 Å². The number of hydrogen-bond acceptors (Lipinski definition) is 4. The van der Waals surface area contributed by atoms with Gasteiger partial charge in [-0.05, 0) is 43.3 Å². The monoisotopic (exact) mass is 301 g/mol. The molecule has 3 aromatic rings. The predicted octanol–water partition coefficient (Wildman–Crippen LogP) is 3.19. The summed E-state index contributed by atoms with van der Waals surface area (Å²) in [6.45, 7) is 1.67. The first-order valence-corrected chi connectivity index (χ1v) is 6.80. The Balaban J connectivity index is 1.82. The molecule has 6 heteroatoms. The van der Waals surface area contributed by atoms with E-state index in [4.69, 9.17) is 16.3 Å². The summed E-state index contributed by atoms with van der Waals surface area (Å²) in [4.78, 5) is 12.4. The number of aromatic nitrogens is 3. The Morgan fingerprint density at radius 3 is 2.67 bits per heavy atom. The van der Waals surface area contributed by atoms with Crippen LogP contribution in [-0.2, 0) is 0 Å². The fourth-order valence-corrected chi connectivity index (χ4v) is 2.10. The lowest BCUT2D eigenvalue weighted by Crippen LogP contribution is -2.30. The summed E-state index contributed by atoms with van der Waals surface area (Å²) in [5, 5.41) is 8.46. The van der Waals surface area contributed by atoms with Gasteiger partial charge in [-0.1, -0.05) is 28.9 Å². The number of hydrogen-bond donors (Lipinski definition) is 0. The molecule has 1 aromatic heterocycles.